The van der Waals surface area contributed by atoms with Gasteiger partial charge in [0.1, 0.15) is 0 Å². The summed E-state index contributed by atoms with van der Waals surface area (Å²) in [6.07, 6.45) is 5.37. The number of carbonyl (C=O) groups is 1. The van der Waals surface area contributed by atoms with E-state index in [1.165, 1.54) is 25.5 Å². The smallest absolute Gasteiger partial charge is 0.358 e. The van der Waals surface area contributed by atoms with E-state index < -0.39 is 5.97 Å². The second-order valence-corrected chi connectivity index (χ2v) is 7.45. The molecule has 1 saturated heterocycles. The zero-order chi connectivity index (χ0) is 15.2. The average Bonchev–Trinajstić information content (AvgIpc) is 2.78. The third-order valence-corrected chi connectivity index (χ3v) is 5.11. The van der Waals surface area contributed by atoms with Gasteiger partial charge in [0.25, 0.3) is 0 Å². The third kappa shape index (κ3) is 2.81. The van der Waals surface area contributed by atoms with E-state index in [0.717, 1.165) is 19.0 Å². The van der Waals surface area contributed by atoms with E-state index in [1.54, 1.807) is 4.68 Å². The quantitative estimate of drug-likeness (QED) is 0.923. The summed E-state index contributed by atoms with van der Waals surface area (Å²) in [6.45, 7) is 9.00. The zero-order valence-electron chi connectivity index (χ0n) is 13.0. The van der Waals surface area contributed by atoms with Crippen molar-refractivity contribution in [3.63, 3.8) is 0 Å². The molecular formula is C15H24N4O2. The van der Waals surface area contributed by atoms with Crippen LogP contribution in [-0.2, 0) is 0 Å². The minimum atomic E-state index is -1.01. The summed E-state index contributed by atoms with van der Waals surface area (Å²) in [5, 5.41) is 16.5. The minimum absolute atomic E-state index is 0.0289. The number of aromatic nitrogens is 3. The number of aromatic carboxylic acids is 1. The molecule has 0 amide bonds. The molecule has 6 nitrogen and oxygen atoms in total. The molecule has 0 bridgehead atoms. The summed E-state index contributed by atoms with van der Waals surface area (Å²) in [4.78, 5) is 13.4. The van der Waals surface area contributed by atoms with E-state index in [9.17, 15) is 4.79 Å². The van der Waals surface area contributed by atoms with Crippen LogP contribution in [0.3, 0.4) is 0 Å². The van der Waals surface area contributed by atoms with Crippen LogP contribution in [0, 0.1) is 11.3 Å². The van der Waals surface area contributed by atoms with Crippen LogP contribution in [0.2, 0.25) is 0 Å². The maximum absolute atomic E-state index is 10.8. The zero-order valence-corrected chi connectivity index (χ0v) is 13.0. The number of carboxylic acids is 1. The van der Waals surface area contributed by atoms with Crippen molar-refractivity contribution >= 4 is 5.97 Å². The van der Waals surface area contributed by atoms with Crippen molar-refractivity contribution in [1.82, 2.24) is 19.9 Å². The topological polar surface area (TPSA) is 71.2 Å². The molecule has 0 radical (unpaired) electrons. The molecule has 0 aromatic carbocycles. The third-order valence-electron chi connectivity index (χ3n) is 5.11. The first-order valence-corrected chi connectivity index (χ1v) is 7.75. The first-order valence-electron chi connectivity index (χ1n) is 7.75. The maximum Gasteiger partial charge on any atom is 0.358 e. The first kappa shape index (κ1) is 14.5. The van der Waals surface area contributed by atoms with Gasteiger partial charge >= 0.3 is 5.97 Å². The Kier molecular flexibility index (Phi) is 3.51. The monoisotopic (exact) mass is 292 g/mol. The number of hydrogen-bond donors (Lipinski definition) is 1. The molecular weight excluding hydrogens is 268 g/mol. The van der Waals surface area contributed by atoms with Crippen LogP contribution < -0.4 is 0 Å². The fourth-order valence-corrected chi connectivity index (χ4v) is 3.95. The van der Waals surface area contributed by atoms with Crippen molar-refractivity contribution in [2.24, 2.45) is 11.3 Å². The number of hydrogen-bond acceptors (Lipinski definition) is 4. The first-order chi connectivity index (χ1) is 9.85. The lowest BCUT2D eigenvalue weighted by Crippen LogP contribution is -2.56. The van der Waals surface area contributed by atoms with Gasteiger partial charge in [-0.05, 0) is 30.6 Å². The van der Waals surface area contributed by atoms with Crippen LogP contribution in [0.1, 0.15) is 56.6 Å². The average molecular weight is 292 g/mol. The lowest BCUT2D eigenvalue weighted by atomic mass is 9.69. The van der Waals surface area contributed by atoms with Crippen molar-refractivity contribution in [3.8, 4) is 0 Å². The summed E-state index contributed by atoms with van der Waals surface area (Å²) < 4.78 is 1.71. The van der Waals surface area contributed by atoms with E-state index >= 15 is 0 Å². The Morgan fingerprint density at radius 1 is 1.43 bits per heavy atom. The Bertz CT molecular complexity index is 534. The minimum Gasteiger partial charge on any atom is -0.476 e. The molecule has 116 valence electrons. The summed E-state index contributed by atoms with van der Waals surface area (Å²) >= 11 is 0. The van der Waals surface area contributed by atoms with Gasteiger partial charge in [0.2, 0.25) is 0 Å². The molecule has 2 heterocycles. The highest BCUT2D eigenvalue weighted by molar-refractivity contribution is 5.84. The van der Waals surface area contributed by atoms with Gasteiger partial charge in [-0.1, -0.05) is 26.0 Å². The molecule has 2 fully saturated rings. The molecule has 3 rings (SSSR count). The van der Waals surface area contributed by atoms with Gasteiger partial charge in [-0.3, -0.25) is 4.90 Å². The van der Waals surface area contributed by atoms with E-state index in [1.807, 2.05) is 0 Å². The van der Waals surface area contributed by atoms with Gasteiger partial charge in [0, 0.05) is 19.1 Å². The molecule has 1 N–H and O–H groups in total. The lowest BCUT2D eigenvalue weighted by molar-refractivity contribution is -0.0107. The predicted molar refractivity (Wildman–Crippen MR) is 78.2 cm³/mol. The molecule has 0 spiro atoms. The largest absolute Gasteiger partial charge is 0.476 e. The van der Waals surface area contributed by atoms with E-state index in [0.29, 0.717) is 11.5 Å². The highest BCUT2D eigenvalue weighted by atomic mass is 16.4. The van der Waals surface area contributed by atoms with Crippen molar-refractivity contribution < 1.29 is 9.90 Å². The summed E-state index contributed by atoms with van der Waals surface area (Å²) in [5.41, 5.74) is 0.504. The molecule has 21 heavy (non-hydrogen) atoms. The van der Waals surface area contributed by atoms with Crippen molar-refractivity contribution in [2.75, 3.05) is 13.1 Å². The van der Waals surface area contributed by atoms with Crippen LogP contribution in [-0.4, -0.2) is 50.1 Å². The number of likely N-dealkylation sites (tertiary alicyclic amines) is 1. The normalized spacial score (nSPS) is 30.0. The highest BCUT2D eigenvalue weighted by Crippen LogP contribution is 2.42. The van der Waals surface area contributed by atoms with Gasteiger partial charge < -0.3 is 5.11 Å². The Morgan fingerprint density at radius 2 is 2.14 bits per heavy atom. The Hall–Kier alpha value is -1.43. The SMILES string of the molecule is CC1CC(C)(C)CCC1N1CC(n2cc(C(=O)O)nn2)C1. The number of carboxylic acid groups (broad SMARTS) is 1. The highest BCUT2D eigenvalue weighted by Gasteiger charge is 2.41. The van der Waals surface area contributed by atoms with Gasteiger partial charge in [-0.25, -0.2) is 9.48 Å². The van der Waals surface area contributed by atoms with E-state index in [-0.39, 0.29) is 11.7 Å². The molecule has 2 atom stereocenters. The van der Waals surface area contributed by atoms with Crippen LogP contribution in [0.5, 0.6) is 0 Å². The van der Waals surface area contributed by atoms with Crippen LogP contribution in [0.15, 0.2) is 6.20 Å². The number of nitrogens with zero attached hydrogens (tertiary/aromatic N) is 4. The molecule has 1 aromatic heterocycles. The fraction of sp³-hybridized carbons (Fsp3) is 0.800. The maximum atomic E-state index is 10.8. The van der Waals surface area contributed by atoms with Gasteiger partial charge in [-0.15, -0.1) is 5.10 Å². The van der Waals surface area contributed by atoms with Gasteiger partial charge in [0.15, 0.2) is 5.69 Å². The molecule has 1 aliphatic heterocycles. The Labute approximate surface area is 125 Å². The second kappa shape index (κ2) is 5.09. The van der Waals surface area contributed by atoms with Crippen molar-refractivity contribution in [1.29, 1.82) is 0 Å². The van der Waals surface area contributed by atoms with Gasteiger partial charge in [0.05, 0.1) is 12.2 Å². The predicted octanol–water partition coefficient (Wildman–Crippen LogP) is 2.05. The molecule has 2 aliphatic rings. The molecule has 1 saturated carbocycles. The molecule has 1 aromatic rings. The standard InChI is InChI=1S/C15H24N4O2/c1-10-6-15(2,3)5-4-13(10)18-7-11(8-18)19-9-12(14(20)21)16-17-19/h9-11,13H,4-8H2,1-3H3,(H,20,21). The summed E-state index contributed by atoms with van der Waals surface area (Å²) in [7, 11) is 0. The van der Waals surface area contributed by atoms with Crippen LogP contribution in [0.25, 0.3) is 0 Å². The fourth-order valence-electron chi connectivity index (χ4n) is 3.95. The summed E-state index contributed by atoms with van der Waals surface area (Å²) in [5.74, 6) is -0.291. The van der Waals surface area contributed by atoms with Crippen molar-refractivity contribution in [3.05, 3.63) is 11.9 Å². The Morgan fingerprint density at radius 3 is 2.71 bits per heavy atom. The van der Waals surface area contributed by atoms with Crippen molar-refractivity contribution in [2.45, 2.75) is 52.1 Å². The van der Waals surface area contributed by atoms with E-state index in [4.69, 9.17) is 5.11 Å². The molecule has 6 heteroatoms. The molecule has 2 unspecified atom stereocenters. The lowest BCUT2D eigenvalue weighted by Gasteiger charge is -2.50. The molecule has 1 aliphatic carbocycles. The van der Waals surface area contributed by atoms with E-state index in [2.05, 4.69) is 36.0 Å². The van der Waals surface area contributed by atoms with Gasteiger partial charge in [-0.2, -0.15) is 0 Å². The summed E-state index contributed by atoms with van der Waals surface area (Å²) in [6, 6.07) is 0.935. The Balaban J connectivity index is 1.57. The second-order valence-electron chi connectivity index (χ2n) is 7.45. The van der Waals surface area contributed by atoms with Crippen LogP contribution >= 0.6 is 0 Å². The number of rotatable bonds is 3. The van der Waals surface area contributed by atoms with Crippen LogP contribution in [0.4, 0.5) is 0 Å².